The molecule has 3 nitrogen and oxygen atoms in total. The Morgan fingerprint density at radius 1 is 1.38 bits per heavy atom. The van der Waals surface area contributed by atoms with E-state index >= 15 is 0 Å². The van der Waals surface area contributed by atoms with Crippen molar-refractivity contribution < 1.29 is 13.2 Å². The summed E-state index contributed by atoms with van der Waals surface area (Å²) in [6, 6.07) is 0. The van der Waals surface area contributed by atoms with Gasteiger partial charge in [0.15, 0.2) is 9.84 Å². The molecular formula is C12H20O3S. The largest absolute Gasteiger partial charge is 0.299 e. The van der Waals surface area contributed by atoms with E-state index in [4.69, 9.17) is 0 Å². The summed E-state index contributed by atoms with van der Waals surface area (Å²) in [4.78, 5) is 12.1. The van der Waals surface area contributed by atoms with E-state index in [9.17, 15) is 13.2 Å². The van der Waals surface area contributed by atoms with Crippen LogP contribution in [0.5, 0.6) is 0 Å². The normalized spacial score (nSPS) is 36.9. The quantitative estimate of drug-likeness (QED) is 0.761. The van der Waals surface area contributed by atoms with Gasteiger partial charge in [-0.2, -0.15) is 0 Å². The lowest BCUT2D eigenvalue weighted by Crippen LogP contribution is -2.42. The number of carbonyl (C=O) groups is 1. The lowest BCUT2D eigenvalue weighted by atomic mass is 9.70. The summed E-state index contributed by atoms with van der Waals surface area (Å²) in [7, 11) is -3.07. The number of fused-ring (bicyclic) bond motifs is 2. The van der Waals surface area contributed by atoms with Crippen LogP contribution in [0.2, 0.25) is 0 Å². The van der Waals surface area contributed by atoms with Crippen LogP contribution in [0.1, 0.15) is 40.0 Å². The third-order valence-electron chi connectivity index (χ3n) is 5.05. The maximum absolute atomic E-state index is 12.1. The summed E-state index contributed by atoms with van der Waals surface area (Å²) >= 11 is 0. The number of hydrogen-bond acceptors (Lipinski definition) is 3. The molecule has 2 fully saturated rings. The van der Waals surface area contributed by atoms with Gasteiger partial charge < -0.3 is 0 Å². The van der Waals surface area contributed by atoms with E-state index in [-0.39, 0.29) is 22.7 Å². The van der Waals surface area contributed by atoms with E-state index in [1.807, 2.05) is 0 Å². The molecule has 0 N–H and O–H groups in total. The van der Waals surface area contributed by atoms with Crippen molar-refractivity contribution in [3.63, 3.8) is 0 Å². The van der Waals surface area contributed by atoms with Crippen LogP contribution in [0.15, 0.2) is 0 Å². The molecule has 0 aliphatic heterocycles. The summed E-state index contributed by atoms with van der Waals surface area (Å²) in [5.41, 5.74) is -0.709. The summed E-state index contributed by atoms with van der Waals surface area (Å²) in [5, 5.41) is 0. The number of hydrogen-bond donors (Lipinski definition) is 0. The van der Waals surface area contributed by atoms with Gasteiger partial charge in [-0.15, -0.1) is 0 Å². The highest BCUT2D eigenvalue weighted by Crippen LogP contribution is 2.64. The van der Waals surface area contributed by atoms with Crippen molar-refractivity contribution in [2.75, 3.05) is 11.5 Å². The van der Waals surface area contributed by atoms with Crippen molar-refractivity contribution in [3.05, 3.63) is 0 Å². The Morgan fingerprint density at radius 2 is 2.00 bits per heavy atom. The molecule has 0 radical (unpaired) electrons. The highest BCUT2D eigenvalue weighted by Gasteiger charge is 2.65. The molecule has 0 amide bonds. The van der Waals surface area contributed by atoms with Crippen molar-refractivity contribution in [2.24, 2.45) is 16.7 Å². The fourth-order valence-electron chi connectivity index (χ4n) is 3.59. The van der Waals surface area contributed by atoms with Gasteiger partial charge in [0.25, 0.3) is 0 Å². The first-order valence-electron chi connectivity index (χ1n) is 5.99. The van der Waals surface area contributed by atoms with Crippen LogP contribution in [-0.4, -0.2) is 25.7 Å². The van der Waals surface area contributed by atoms with Crippen LogP contribution in [0.4, 0.5) is 0 Å². The minimum Gasteiger partial charge on any atom is -0.299 e. The molecule has 2 aliphatic rings. The summed E-state index contributed by atoms with van der Waals surface area (Å²) in [6.45, 7) is 5.80. The first kappa shape index (κ1) is 12.1. The molecule has 0 saturated heterocycles. The maximum Gasteiger partial charge on any atom is 0.151 e. The van der Waals surface area contributed by atoms with Crippen LogP contribution in [0.25, 0.3) is 0 Å². The lowest BCUT2D eigenvalue weighted by Gasteiger charge is -2.36. The van der Waals surface area contributed by atoms with Crippen LogP contribution in [-0.2, 0) is 14.6 Å². The molecule has 0 heterocycles. The Morgan fingerprint density at radius 3 is 2.38 bits per heavy atom. The minimum absolute atomic E-state index is 0.0683. The first-order chi connectivity index (χ1) is 7.25. The molecule has 0 aromatic heterocycles. The summed E-state index contributed by atoms with van der Waals surface area (Å²) in [6.07, 6.45) is 2.37. The number of ketones is 1. The average Bonchev–Trinajstić information content (AvgIpc) is 2.51. The molecule has 0 aromatic rings. The Labute approximate surface area is 97.5 Å². The van der Waals surface area contributed by atoms with E-state index in [1.165, 1.54) is 0 Å². The van der Waals surface area contributed by atoms with Gasteiger partial charge in [-0.1, -0.05) is 20.8 Å². The second kappa shape index (κ2) is 3.31. The number of carbonyl (C=O) groups excluding carboxylic acids is 1. The summed E-state index contributed by atoms with van der Waals surface area (Å²) in [5.74, 6) is 0.791. The molecule has 92 valence electrons. The van der Waals surface area contributed by atoms with Gasteiger partial charge in [0, 0.05) is 17.6 Å². The molecule has 4 heteroatoms. The Hall–Kier alpha value is -0.380. The topological polar surface area (TPSA) is 51.2 Å². The van der Waals surface area contributed by atoms with Gasteiger partial charge in [-0.3, -0.25) is 4.79 Å². The van der Waals surface area contributed by atoms with Crippen molar-refractivity contribution in [2.45, 2.75) is 40.0 Å². The SMILES string of the molecule is CCS(=O)(=O)CC12CCC(CC1=O)C2(C)C. The van der Waals surface area contributed by atoms with Crippen LogP contribution < -0.4 is 0 Å². The third-order valence-corrected chi connectivity index (χ3v) is 6.86. The standard InChI is InChI=1S/C12H20O3S/c1-4-16(14,15)8-12-6-5-9(7-10(12)13)11(12,2)3/h9H,4-8H2,1-3H3. The van der Waals surface area contributed by atoms with Crippen LogP contribution in [0.3, 0.4) is 0 Å². The molecule has 2 saturated carbocycles. The fourth-order valence-corrected chi connectivity index (χ4v) is 5.22. The Kier molecular flexibility index (Phi) is 2.50. The predicted molar refractivity (Wildman–Crippen MR) is 62.9 cm³/mol. The van der Waals surface area contributed by atoms with Crippen molar-refractivity contribution in [1.82, 2.24) is 0 Å². The zero-order valence-corrected chi connectivity index (χ0v) is 11.1. The smallest absolute Gasteiger partial charge is 0.151 e. The monoisotopic (exact) mass is 244 g/mol. The molecule has 2 aliphatic carbocycles. The van der Waals surface area contributed by atoms with Gasteiger partial charge in [0.1, 0.15) is 5.78 Å². The molecule has 2 atom stereocenters. The average molecular weight is 244 g/mol. The van der Waals surface area contributed by atoms with E-state index < -0.39 is 15.3 Å². The molecule has 0 aromatic carbocycles. The molecular weight excluding hydrogens is 224 g/mol. The zero-order chi connectivity index (χ0) is 12.2. The highest BCUT2D eigenvalue weighted by atomic mass is 32.2. The van der Waals surface area contributed by atoms with E-state index in [0.29, 0.717) is 12.3 Å². The van der Waals surface area contributed by atoms with E-state index in [0.717, 1.165) is 12.8 Å². The summed E-state index contributed by atoms with van der Waals surface area (Å²) < 4.78 is 23.6. The third kappa shape index (κ3) is 1.38. The Bertz CT molecular complexity index is 422. The predicted octanol–water partition coefficient (Wildman–Crippen LogP) is 1.82. The zero-order valence-electron chi connectivity index (χ0n) is 10.2. The molecule has 16 heavy (non-hydrogen) atoms. The van der Waals surface area contributed by atoms with Gasteiger partial charge in [0.2, 0.25) is 0 Å². The highest BCUT2D eigenvalue weighted by molar-refractivity contribution is 7.91. The molecule has 2 rings (SSSR count). The first-order valence-corrected chi connectivity index (χ1v) is 7.81. The second-order valence-corrected chi connectivity index (χ2v) is 8.20. The number of Topliss-reactive ketones (excluding diaryl/α,β-unsaturated/α-hetero) is 1. The lowest BCUT2D eigenvalue weighted by molar-refractivity contribution is -0.128. The maximum atomic E-state index is 12.1. The number of rotatable bonds is 3. The van der Waals surface area contributed by atoms with Gasteiger partial charge in [-0.05, 0) is 24.2 Å². The van der Waals surface area contributed by atoms with Crippen molar-refractivity contribution in [3.8, 4) is 0 Å². The fraction of sp³-hybridized carbons (Fsp3) is 0.917. The molecule has 2 bridgehead atoms. The Balaban J connectivity index is 2.40. The van der Waals surface area contributed by atoms with E-state index in [2.05, 4.69) is 13.8 Å². The van der Waals surface area contributed by atoms with Gasteiger partial charge in [0.05, 0.1) is 5.75 Å². The van der Waals surface area contributed by atoms with Crippen molar-refractivity contribution in [1.29, 1.82) is 0 Å². The van der Waals surface area contributed by atoms with Gasteiger partial charge in [-0.25, -0.2) is 8.42 Å². The van der Waals surface area contributed by atoms with E-state index in [1.54, 1.807) is 6.92 Å². The second-order valence-electron chi connectivity index (χ2n) is 5.84. The van der Waals surface area contributed by atoms with Crippen LogP contribution >= 0.6 is 0 Å². The minimum atomic E-state index is -3.07. The van der Waals surface area contributed by atoms with Gasteiger partial charge >= 0.3 is 0 Å². The number of sulfone groups is 1. The molecule has 0 spiro atoms. The molecule has 2 unspecified atom stereocenters. The van der Waals surface area contributed by atoms with Crippen molar-refractivity contribution >= 4 is 15.6 Å². The van der Waals surface area contributed by atoms with Crippen LogP contribution in [0, 0.1) is 16.7 Å².